The van der Waals surface area contributed by atoms with Gasteiger partial charge in [0.15, 0.2) is 0 Å². The average molecular weight is 309 g/mol. The van der Waals surface area contributed by atoms with Crippen molar-refractivity contribution in [3.05, 3.63) is 29.8 Å². The lowest BCUT2D eigenvalue weighted by Gasteiger charge is -2.16. The Morgan fingerprint density at radius 2 is 1.77 bits per heavy atom. The first-order chi connectivity index (χ1) is 10.3. The molecule has 0 aromatic heterocycles. The molecule has 0 saturated carbocycles. The number of amides is 3. The predicted octanol–water partition coefficient (Wildman–Crippen LogP) is -0.867. The second-order valence-corrected chi connectivity index (χ2v) is 4.31. The molecule has 0 spiro atoms. The van der Waals surface area contributed by atoms with Crippen LogP contribution in [0.3, 0.4) is 0 Å². The number of aromatic hydroxyl groups is 1. The number of phenols is 1. The van der Waals surface area contributed by atoms with E-state index in [2.05, 4.69) is 5.32 Å². The van der Waals surface area contributed by atoms with E-state index in [9.17, 15) is 24.3 Å². The Bertz CT molecular complexity index is 585. The summed E-state index contributed by atoms with van der Waals surface area (Å²) in [6.45, 7) is 1.13. The second kappa shape index (κ2) is 7.62. The standard InChI is InChI=1S/C13H15N3O6/c1-7(17)14-9(6-11(19)20)13(22)16-15-12(21)8-4-2-3-5-10(8)18/h2-5,9,18H,6H2,1H3,(H,14,17)(H,15,21)(H,16,22)(H,19,20). The summed E-state index contributed by atoms with van der Waals surface area (Å²) < 4.78 is 0. The lowest BCUT2D eigenvalue weighted by atomic mass is 10.2. The molecule has 3 amide bonds. The van der Waals surface area contributed by atoms with Crippen LogP contribution >= 0.6 is 0 Å². The maximum Gasteiger partial charge on any atom is 0.305 e. The predicted molar refractivity (Wildman–Crippen MR) is 73.6 cm³/mol. The molecule has 0 bridgehead atoms. The number of aliphatic carboxylic acids is 1. The Hall–Kier alpha value is -3.10. The van der Waals surface area contributed by atoms with E-state index in [1.165, 1.54) is 24.3 Å². The van der Waals surface area contributed by atoms with Gasteiger partial charge in [-0.05, 0) is 12.1 Å². The van der Waals surface area contributed by atoms with Gasteiger partial charge in [0.2, 0.25) is 5.91 Å². The minimum absolute atomic E-state index is 0.0721. The number of nitrogens with one attached hydrogen (secondary N) is 3. The average Bonchev–Trinajstić information content (AvgIpc) is 2.43. The van der Waals surface area contributed by atoms with E-state index >= 15 is 0 Å². The molecule has 1 aromatic rings. The number of hydrazine groups is 1. The van der Waals surface area contributed by atoms with E-state index in [0.29, 0.717) is 0 Å². The van der Waals surface area contributed by atoms with Crippen LogP contribution in [0.1, 0.15) is 23.7 Å². The van der Waals surface area contributed by atoms with Crippen LogP contribution < -0.4 is 16.2 Å². The first-order valence-corrected chi connectivity index (χ1v) is 6.18. The van der Waals surface area contributed by atoms with Crippen LogP contribution in [-0.4, -0.2) is 39.9 Å². The smallest absolute Gasteiger partial charge is 0.305 e. The van der Waals surface area contributed by atoms with Crippen LogP contribution in [0.15, 0.2) is 24.3 Å². The van der Waals surface area contributed by atoms with E-state index < -0.39 is 36.2 Å². The van der Waals surface area contributed by atoms with Gasteiger partial charge in [-0.15, -0.1) is 0 Å². The van der Waals surface area contributed by atoms with Crippen LogP contribution in [0.2, 0.25) is 0 Å². The molecule has 1 rings (SSSR count). The van der Waals surface area contributed by atoms with Gasteiger partial charge in [0, 0.05) is 6.92 Å². The molecule has 0 aliphatic carbocycles. The molecular weight excluding hydrogens is 294 g/mol. The maximum atomic E-state index is 11.8. The van der Waals surface area contributed by atoms with Crippen molar-refractivity contribution in [3.8, 4) is 5.75 Å². The molecule has 9 nitrogen and oxygen atoms in total. The van der Waals surface area contributed by atoms with Crippen molar-refractivity contribution < 1.29 is 29.4 Å². The molecule has 9 heteroatoms. The molecule has 0 aliphatic heterocycles. The van der Waals surface area contributed by atoms with E-state index in [-0.39, 0.29) is 11.3 Å². The summed E-state index contributed by atoms with van der Waals surface area (Å²) in [5.74, 6) is -3.85. The number of hydrogen-bond donors (Lipinski definition) is 5. The highest BCUT2D eigenvalue weighted by atomic mass is 16.4. The molecule has 1 aromatic carbocycles. The topological polar surface area (TPSA) is 145 Å². The van der Waals surface area contributed by atoms with Gasteiger partial charge in [0.05, 0.1) is 12.0 Å². The van der Waals surface area contributed by atoms with Crippen molar-refractivity contribution in [2.24, 2.45) is 0 Å². The third-order valence-corrected chi connectivity index (χ3v) is 2.52. The summed E-state index contributed by atoms with van der Waals surface area (Å²) in [5.41, 5.74) is 3.94. The number of carboxylic acids is 1. The van der Waals surface area contributed by atoms with E-state index in [4.69, 9.17) is 5.11 Å². The van der Waals surface area contributed by atoms with Crippen LogP contribution in [0.25, 0.3) is 0 Å². The molecule has 1 unspecified atom stereocenters. The van der Waals surface area contributed by atoms with Gasteiger partial charge in [-0.1, -0.05) is 12.1 Å². The van der Waals surface area contributed by atoms with Crippen molar-refractivity contribution in [1.29, 1.82) is 0 Å². The molecule has 5 N–H and O–H groups in total. The highest BCUT2D eigenvalue weighted by Crippen LogP contribution is 2.14. The first-order valence-electron chi connectivity index (χ1n) is 6.18. The Labute approximate surface area is 125 Å². The van der Waals surface area contributed by atoms with Crippen LogP contribution in [0.4, 0.5) is 0 Å². The number of phenolic OH excluding ortho intramolecular Hbond substituents is 1. The van der Waals surface area contributed by atoms with Crippen molar-refractivity contribution in [3.63, 3.8) is 0 Å². The Morgan fingerprint density at radius 3 is 2.32 bits per heavy atom. The van der Waals surface area contributed by atoms with Gasteiger partial charge in [-0.2, -0.15) is 0 Å². The number of para-hydroxylation sites is 1. The monoisotopic (exact) mass is 309 g/mol. The number of hydrogen-bond acceptors (Lipinski definition) is 5. The Morgan fingerprint density at radius 1 is 1.14 bits per heavy atom. The quantitative estimate of drug-likeness (QED) is 0.447. The number of carbonyl (C=O) groups excluding carboxylic acids is 3. The normalized spacial score (nSPS) is 11.1. The summed E-state index contributed by atoms with van der Waals surface area (Å²) in [7, 11) is 0. The van der Waals surface area contributed by atoms with Crippen molar-refractivity contribution in [2.75, 3.05) is 0 Å². The molecule has 0 heterocycles. The van der Waals surface area contributed by atoms with E-state index in [1.807, 2.05) is 10.9 Å². The van der Waals surface area contributed by atoms with Gasteiger partial charge < -0.3 is 15.5 Å². The highest BCUT2D eigenvalue weighted by Gasteiger charge is 2.23. The fourth-order valence-corrected chi connectivity index (χ4v) is 1.57. The SMILES string of the molecule is CC(=O)NC(CC(=O)O)C(=O)NNC(=O)c1ccccc1O. The van der Waals surface area contributed by atoms with Gasteiger partial charge in [0.25, 0.3) is 11.8 Å². The molecule has 0 radical (unpaired) electrons. The van der Waals surface area contributed by atoms with Gasteiger partial charge in [0.1, 0.15) is 11.8 Å². The second-order valence-electron chi connectivity index (χ2n) is 4.31. The van der Waals surface area contributed by atoms with Crippen molar-refractivity contribution >= 4 is 23.7 Å². The minimum atomic E-state index is -1.33. The fourth-order valence-electron chi connectivity index (χ4n) is 1.57. The summed E-state index contributed by atoms with van der Waals surface area (Å²) in [6.07, 6.45) is -0.641. The van der Waals surface area contributed by atoms with Crippen LogP contribution in [0.5, 0.6) is 5.75 Å². The number of carboxylic acid groups (broad SMARTS) is 1. The summed E-state index contributed by atoms with van der Waals surface area (Å²) in [5, 5.41) is 20.3. The van der Waals surface area contributed by atoms with E-state index in [1.54, 1.807) is 0 Å². The molecule has 22 heavy (non-hydrogen) atoms. The molecule has 0 aliphatic rings. The van der Waals surface area contributed by atoms with E-state index in [0.717, 1.165) is 6.92 Å². The first kappa shape index (κ1) is 17.0. The molecule has 0 fully saturated rings. The number of benzene rings is 1. The van der Waals surface area contributed by atoms with Crippen molar-refractivity contribution in [1.82, 2.24) is 16.2 Å². The Balaban J connectivity index is 2.66. The number of rotatable bonds is 5. The van der Waals surface area contributed by atoms with Gasteiger partial charge in [-0.3, -0.25) is 30.0 Å². The van der Waals surface area contributed by atoms with Crippen molar-refractivity contribution in [2.45, 2.75) is 19.4 Å². The largest absolute Gasteiger partial charge is 0.507 e. The van der Waals surface area contributed by atoms with Gasteiger partial charge >= 0.3 is 5.97 Å². The molecule has 118 valence electrons. The molecule has 0 saturated heterocycles. The molecular formula is C13H15N3O6. The van der Waals surface area contributed by atoms with Gasteiger partial charge in [-0.25, -0.2) is 0 Å². The minimum Gasteiger partial charge on any atom is -0.507 e. The zero-order valence-corrected chi connectivity index (χ0v) is 11.6. The fraction of sp³-hybridized carbons (Fsp3) is 0.231. The number of carbonyl (C=O) groups is 4. The maximum absolute atomic E-state index is 11.8. The molecule has 1 atom stereocenters. The summed E-state index contributed by atoms with van der Waals surface area (Å²) >= 11 is 0. The zero-order valence-electron chi connectivity index (χ0n) is 11.6. The lowest BCUT2D eigenvalue weighted by Crippen LogP contribution is -2.52. The Kier molecular flexibility index (Phi) is 5.87. The summed E-state index contributed by atoms with van der Waals surface area (Å²) in [4.78, 5) is 45.1. The zero-order chi connectivity index (χ0) is 16.7. The van der Waals surface area contributed by atoms with Crippen LogP contribution in [-0.2, 0) is 14.4 Å². The van der Waals surface area contributed by atoms with Crippen LogP contribution in [0, 0.1) is 0 Å². The highest BCUT2D eigenvalue weighted by molar-refractivity contribution is 5.98. The third kappa shape index (κ3) is 5.12. The summed E-state index contributed by atoms with van der Waals surface area (Å²) in [6, 6.07) is 4.33. The lowest BCUT2D eigenvalue weighted by molar-refractivity contribution is -0.140. The third-order valence-electron chi connectivity index (χ3n) is 2.52.